The minimum absolute atomic E-state index is 0.312. The molecule has 0 aliphatic heterocycles. The Morgan fingerprint density at radius 1 is 1.36 bits per heavy atom. The van der Waals surface area contributed by atoms with E-state index in [1.807, 2.05) is 0 Å². The van der Waals surface area contributed by atoms with Gasteiger partial charge in [0.1, 0.15) is 7.85 Å². The van der Waals surface area contributed by atoms with Crippen LogP contribution in [0.3, 0.4) is 0 Å². The Kier molecular flexibility index (Phi) is 4.58. The number of hydrogen-bond acceptors (Lipinski definition) is 1. The topological polar surface area (TPSA) is 0 Å². The number of rotatable bonds is 4. The van der Waals surface area contributed by atoms with Crippen LogP contribution >= 0.6 is 21.9 Å². The molecule has 0 amide bonds. The minimum Gasteiger partial charge on any atom is -0.252 e. The molecule has 0 saturated carbocycles. The van der Waals surface area contributed by atoms with Gasteiger partial charge in [0.05, 0.1) is 21.0 Å². The predicted molar refractivity (Wildman–Crippen MR) is 56.6 cm³/mol. The maximum absolute atomic E-state index is 13.0. The van der Waals surface area contributed by atoms with Crippen molar-refractivity contribution >= 4 is 45.4 Å². The molecule has 0 nitrogen and oxygen atoms in total. The van der Waals surface area contributed by atoms with Gasteiger partial charge in [-0.2, -0.15) is 12.6 Å². The van der Waals surface area contributed by atoms with E-state index in [0.717, 1.165) is 0 Å². The van der Waals surface area contributed by atoms with Gasteiger partial charge in [-0.05, 0) is 12.2 Å². The average molecular weight is 184 g/mol. The summed E-state index contributed by atoms with van der Waals surface area (Å²) in [5, 5.41) is -3.60. The fourth-order valence-corrected chi connectivity index (χ4v) is 0.866. The number of hydrogen-bond donors (Lipinski definition) is 1. The fourth-order valence-electron chi connectivity index (χ4n) is 0.563. The van der Waals surface area contributed by atoms with Crippen LogP contribution in [0.4, 0.5) is 4.39 Å². The minimum atomic E-state index is -2.12. The molecule has 0 N–H and O–H groups in total. The second-order valence-corrected chi connectivity index (χ2v) is 3.92. The van der Waals surface area contributed by atoms with Gasteiger partial charge in [0.15, 0.2) is 0 Å². The first-order valence-electron chi connectivity index (χ1n) is 3.26. The largest absolute Gasteiger partial charge is 0.252 e. The summed E-state index contributed by atoms with van der Waals surface area (Å²) in [5.41, 5.74) is 0. The van der Waals surface area contributed by atoms with Crippen LogP contribution in [0.1, 0.15) is 12.8 Å². The molecule has 11 heavy (non-hydrogen) atoms. The molecule has 0 aliphatic rings. The highest BCUT2D eigenvalue weighted by molar-refractivity contribution is 7.80. The zero-order valence-electron chi connectivity index (χ0n) is 6.26. The third-order valence-electron chi connectivity index (χ3n) is 1.46. The Bertz CT molecular complexity index is 125. The highest BCUT2D eigenvalue weighted by Crippen LogP contribution is 2.42. The lowest BCUT2D eigenvalue weighted by molar-refractivity contribution is 0.344. The number of alkyl halides is 1. The first kappa shape index (κ1) is 11.9. The summed E-state index contributed by atoms with van der Waals surface area (Å²) in [6, 6.07) is 0. The lowest BCUT2D eigenvalue weighted by Gasteiger charge is -2.36. The van der Waals surface area contributed by atoms with Gasteiger partial charge in [-0.15, -0.1) is 9.24 Å². The van der Waals surface area contributed by atoms with Crippen molar-refractivity contribution in [1.82, 2.24) is 0 Å². The van der Waals surface area contributed by atoms with Gasteiger partial charge in [0, 0.05) is 0 Å². The molecular formula is C5H9B3FPS. The van der Waals surface area contributed by atoms with E-state index in [9.17, 15) is 4.39 Å². The van der Waals surface area contributed by atoms with Crippen molar-refractivity contribution in [3.05, 3.63) is 0 Å². The van der Waals surface area contributed by atoms with Crippen LogP contribution in [0.25, 0.3) is 0 Å². The van der Waals surface area contributed by atoms with E-state index in [2.05, 4.69) is 12.6 Å². The molecule has 6 heteroatoms. The van der Waals surface area contributed by atoms with Gasteiger partial charge < -0.3 is 0 Å². The van der Waals surface area contributed by atoms with Gasteiger partial charge in [-0.3, -0.25) is 4.39 Å². The molecule has 0 aromatic carbocycles. The van der Waals surface area contributed by atoms with Crippen LogP contribution in [0, 0.1) is 0 Å². The van der Waals surface area contributed by atoms with Crippen LogP contribution in [0.2, 0.25) is 5.21 Å². The number of halogens is 1. The molecular weight excluding hydrogens is 175 g/mol. The maximum atomic E-state index is 13.0. The second kappa shape index (κ2) is 4.23. The molecule has 0 aromatic heterocycles. The molecule has 56 valence electrons. The Morgan fingerprint density at radius 2 is 1.82 bits per heavy atom. The molecule has 0 heterocycles. The standard InChI is InChI=1S/C5H9B3FPS/c6-4(7,2-1-3-11)5(8,9)10/h11H,1-3,10H2. The van der Waals surface area contributed by atoms with Crippen LogP contribution < -0.4 is 0 Å². The molecule has 0 aromatic rings. The first-order chi connectivity index (χ1) is 4.81. The summed E-state index contributed by atoms with van der Waals surface area (Å²) in [6.45, 7) is 0. The average Bonchev–Trinajstić information content (AvgIpc) is 1.81. The Hall–Kier alpha value is 0.905. The van der Waals surface area contributed by atoms with Crippen LogP contribution in [0.15, 0.2) is 0 Å². The van der Waals surface area contributed by atoms with Crippen LogP contribution in [0.5, 0.6) is 0 Å². The molecule has 0 bridgehead atoms. The lowest BCUT2D eigenvalue weighted by Crippen LogP contribution is -2.35. The van der Waals surface area contributed by atoms with E-state index >= 15 is 0 Å². The molecule has 0 fully saturated rings. The molecule has 2 atom stereocenters. The van der Waals surface area contributed by atoms with Gasteiger partial charge in [0.25, 0.3) is 0 Å². The van der Waals surface area contributed by atoms with Crippen molar-refractivity contribution in [3.8, 4) is 0 Å². The summed E-state index contributed by atoms with van der Waals surface area (Å²) in [7, 11) is 17.7. The molecule has 0 aliphatic carbocycles. The third-order valence-corrected chi connectivity index (χ3v) is 2.32. The van der Waals surface area contributed by atoms with E-state index < -0.39 is 10.5 Å². The summed E-state index contributed by atoms with van der Waals surface area (Å²) in [5.74, 6) is 0.622. The quantitative estimate of drug-likeness (QED) is 0.372. The molecule has 2 unspecified atom stereocenters. The van der Waals surface area contributed by atoms with E-state index in [0.29, 0.717) is 18.6 Å². The Morgan fingerprint density at radius 3 is 2.09 bits per heavy atom. The van der Waals surface area contributed by atoms with Crippen molar-refractivity contribution in [1.29, 1.82) is 0 Å². The molecule has 6 radical (unpaired) electrons. The smallest absolute Gasteiger partial charge is 0.125 e. The van der Waals surface area contributed by atoms with Crippen molar-refractivity contribution in [2.24, 2.45) is 0 Å². The SMILES string of the molecule is [B]C(F)(P)C([B])([B])CCCS. The van der Waals surface area contributed by atoms with Gasteiger partial charge >= 0.3 is 0 Å². The maximum Gasteiger partial charge on any atom is 0.125 e. The van der Waals surface area contributed by atoms with E-state index in [4.69, 9.17) is 23.5 Å². The number of thiol groups is 1. The van der Waals surface area contributed by atoms with E-state index in [1.54, 1.807) is 9.24 Å². The zero-order chi connectivity index (χ0) is 9.12. The van der Waals surface area contributed by atoms with Gasteiger partial charge in [-0.1, -0.05) is 11.6 Å². The molecule has 0 spiro atoms. The summed E-state index contributed by atoms with van der Waals surface area (Å²) < 4.78 is 13.0. The van der Waals surface area contributed by atoms with Crippen LogP contribution in [-0.2, 0) is 0 Å². The van der Waals surface area contributed by atoms with Crippen LogP contribution in [-0.4, -0.2) is 34.6 Å². The highest BCUT2D eigenvalue weighted by atomic mass is 32.1. The van der Waals surface area contributed by atoms with Gasteiger partial charge in [-0.25, -0.2) is 0 Å². The summed E-state index contributed by atoms with van der Waals surface area (Å²) >= 11 is 3.95. The van der Waals surface area contributed by atoms with Crippen molar-refractivity contribution in [3.63, 3.8) is 0 Å². The Labute approximate surface area is 79.3 Å². The third kappa shape index (κ3) is 3.89. The predicted octanol–water partition coefficient (Wildman–Crippen LogP) is 0.816. The van der Waals surface area contributed by atoms with Crippen molar-refractivity contribution in [2.45, 2.75) is 23.4 Å². The Balaban J connectivity index is 4.00. The monoisotopic (exact) mass is 184 g/mol. The van der Waals surface area contributed by atoms with E-state index in [1.165, 1.54) is 0 Å². The second-order valence-electron chi connectivity index (χ2n) is 2.64. The summed E-state index contributed by atoms with van der Waals surface area (Å²) in [6.07, 6.45) is 0.959. The normalized spacial score (nSPS) is 17.7. The van der Waals surface area contributed by atoms with Gasteiger partial charge in [0.2, 0.25) is 0 Å². The fraction of sp³-hybridized carbons (Fsp3) is 1.00. The van der Waals surface area contributed by atoms with Crippen molar-refractivity contribution < 1.29 is 4.39 Å². The molecule has 0 saturated heterocycles. The van der Waals surface area contributed by atoms with E-state index in [-0.39, 0.29) is 0 Å². The summed E-state index contributed by atoms with van der Waals surface area (Å²) in [4.78, 5) is 0. The highest BCUT2D eigenvalue weighted by Gasteiger charge is 2.34. The van der Waals surface area contributed by atoms with Crippen molar-refractivity contribution in [2.75, 3.05) is 5.75 Å². The first-order valence-corrected chi connectivity index (χ1v) is 4.47. The molecule has 0 rings (SSSR count). The lowest BCUT2D eigenvalue weighted by atomic mass is 9.46. The zero-order valence-corrected chi connectivity index (χ0v) is 8.31.